The number of rotatable bonds is 1. The topological polar surface area (TPSA) is 40.5 Å². The zero-order chi connectivity index (χ0) is 9.64. The van der Waals surface area contributed by atoms with E-state index in [-0.39, 0.29) is 5.91 Å². The second-order valence-electron chi connectivity index (χ2n) is 4.53. The van der Waals surface area contributed by atoms with Gasteiger partial charge in [0.25, 0.3) is 5.91 Å². The zero-order valence-electron chi connectivity index (χ0n) is 8.29. The molecule has 0 aromatic carbocycles. The second-order valence-corrected chi connectivity index (χ2v) is 4.53. The number of carbonyl (C=O) groups excluding carboxylic acids is 1. The Morgan fingerprint density at radius 1 is 1.38 bits per heavy atom. The van der Waals surface area contributed by atoms with Gasteiger partial charge < -0.3 is 10.0 Å². The molecule has 1 saturated carbocycles. The van der Waals surface area contributed by atoms with E-state index in [4.69, 9.17) is 0 Å². The normalized spacial score (nSPS) is 36.4. The maximum absolute atomic E-state index is 11.8. The van der Waals surface area contributed by atoms with E-state index in [2.05, 4.69) is 0 Å². The first-order valence-electron chi connectivity index (χ1n) is 5.10. The van der Waals surface area contributed by atoms with Gasteiger partial charge in [0.15, 0.2) is 0 Å². The van der Waals surface area contributed by atoms with Crippen LogP contribution in [-0.4, -0.2) is 33.6 Å². The summed E-state index contributed by atoms with van der Waals surface area (Å²) in [6.07, 6.45) is 3.37. The lowest BCUT2D eigenvalue weighted by Crippen LogP contribution is -2.64. The van der Waals surface area contributed by atoms with Gasteiger partial charge in [-0.2, -0.15) is 0 Å². The Balaban J connectivity index is 2.04. The lowest BCUT2D eigenvalue weighted by atomic mass is 9.77. The molecule has 2 rings (SSSR count). The second kappa shape index (κ2) is 2.71. The van der Waals surface area contributed by atoms with E-state index in [1.165, 1.54) is 0 Å². The molecule has 3 nitrogen and oxygen atoms in total. The van der Waals surface area contributed by atoms with Crippen LogP contribution in [0, 0.1) is 0 Å². The number of likely N-dealkylation sites (tertiary alicyclic amines) is 1. The molecule has 0 aromatic heterocycles. The van der Waals surface area contributed by atoms with Crippen molar-refractivity contribution in [2.24, 2.45) is 0 Å². The van der Waals surface area contributed by atoms with Crippen molar-refractivity contribution in [2.45, 2.75) is 57.2 Å². The summed E-state index contributed by atoms with van der Waals surface area (Å²) in [6, 6.07) is 0.652. The maximum atomic E-state index is 11.8. The molecule has 1 aliphatic carbocycles. The summed E-state index contributed by atoms with van der Waals surface area (Å²) < 4.78 is 0. The van der Waals surface area contributed by atoms with Gasteiger partial charge in [0.1, 0.15) is 5.60 Å². The molecule has 1 heterocycles. The first kappa shape index (κ1) is 9.00. The zero-order valence-corrected chi connectivity index (χ0v) is 8.29. The van der Waals surface area contributed by atoms with Crippen LogP contribution in [-0.2, 0) is 4.79 Å². The predicted octanol–water partition coefficient (Wildman–Crippen LogP) is 0.911. The molecule has 13 heavy (non-hydrogen) atoms. The van der Waals surface area contributed by atoms with Crippen LogP contribution < -0.4 is 0 Å². The van der Waals surface area contributed by atoms with Gasteiger partial charge in [0, 0.05) is 12.1 Å². The van der Waals surface area contributed by atoms with E-state index in [0.717, 1.165) is 12.8 Å². The Hall–Kier alpha value is -0.570. The highest BCUT2D eigenvalue weighted by atomic mass is 16.3. The first-order chi connectivity index (χ1) is 6.04. The van der Waals surface area contributed by atoms with Crippen molar-refractivity contribution in [1.29, 1.82) is 0 Å². The number of aliphatic hydroxyl groups is 1. The number of carbonyl (C=O) groups is 1. The van der Waals surface area contributed by atoms with E-state index in [1.54, 1.807) is 0 Å². The summed E-state index contributed by atoms with van der Waals surface area (Å²) in [6.45, 7) is 4.08. The predicted molar refractivity (Wildman–Crippen MR) is 49.2 cm³/mol. The van der Waals surface area contributed by atoms with Crippen molar-refractivity contribution in [2.75, 3.05) is 0 Å². The molecule has 0 aromatic rings. The lowest BCUT2D eigenvalue weighted by molar-refractivity contribution is -0.172. The summed E-state index contributed by atoms with van der Waals surface area (Å²) in [7, 11) is 0. The van der Waals surface area contributed by atoms with Crippen molar-refractivity contribution in [3.05, 3.63) is 0 Å². The minimum Gasteiger partial charge on any atom is -0.380 e. The van der Waals surface area contributed by atoms with Gasteiger partial charge in [-0.3, -0.25) is 4.79 Å². The van der Waals surface area contributed by atoms with Crippen LogP contribution in [0.3, 0.4) is 0 Å². The fourth-order valence-corrected chi connectivity index (χ4v) is 2.38. The van der Waals surface area contributed by atoms with Gasteiger partial charge in [-0.05, 0) is 39.5 Å². The Morgan fingerprint density at radius 3 is 2.23 bits per heavy atom. The highest BCUT2D eigenvalue weighted by molar-refractivity contribution is 5.87. The Morgan fingerprint density at radius 2 is 1.92 bits per heavy atom. The maximum Gasteiger partial charge on any atom is 0.255 e. The molecule has 0 spiro atoms. The monoisotopic (exact) mass is 183 g/mol. The third-order valence-corrected chi connectivity index (χ3v) is 3.45. The number of nitrogens with zero attached hydrogens (tertiary/aromatic N) is 1. The van der Waals surface area contributed by atoms with Crippen molar-refractivity contribution < 1.29 is 9.90 Å². The summed E-state index contributed by atoms with van der Waals surface area (Å²) in [5.74, 6) is -0.0370. The van der Waals surface area contributed by atoms with E-state index in [1.807, 2.05) is 18.7 Å². The van der Waals surface area contributed by atoms with Crippen LogP contribution in [0.4, 0.5) is 0 Å². The average molecular weight is 183 g/mol. The van der Waals surface area contributed by atoms with E-state index < -0.39 is 5.60 Å². The fraction of sp³-hybridized carbons (Fsp3) is 0.900. The van der Waals surface area contributed by atoms with Gasteiger partial charge in [-0.15, -0.1) is 0 Å². The van der Waals surface area contributed by atoms with E-state index in [9.17, 15) is 9.90 Å². The summed E-state index contributed by atoms with van der Waals surface area (Å²) in [5, 5.41) is 9.86. The number of hydrogen-bond donors (Lipinski definition) is 1. The van der Waals surface area contributed by atoms with Gasteiger partial charge in [0.05, 0.1) is 0 Å². The molecule has 2 aliphatic rings. The van der Waals surface area contributed by atoms with E-state index >= 15 is 0 Å². The molecule has 1 amide bonds. The van der Waals surface area contributed by atoms with Crippen molar-refractivity contribution in [1.82, 2.24) is 4.90 Å². The van der Waals surface area contributed by atoms with Crippen molar-refractivity contribution in [3.8, 4) is 0 Å². The molecule has 1 saturated heterocycles. The standard InChI is InChI=1S/C10H17NO2/c1-7-6-8(2)11(7)9(12)10(13)4-3-5-10/h7-8,13H,3-6H2,1-2H3. The highest BCUT2D eigenvalue weighted by Gasteiger charge is 2.49. The molecule has 74 valence electrons. The number of hydrogen-bond acceptors (Lipinski definition) is 2. The Kier molecular flexibility index (Phi) is 1.88. The summed E-state index contributed by atoms with van der Waals surface area (Å²) in [4.78, 5) is 13.7. The first-order valence-corrected chi connectivity index (χ1v) is 5.10. The van der Waals surface area contributed by atoms with Crippen LogP contribution in [0.2, 0.25) is 0 Å². The Bertz CT molecular complexity index is 227. The highest BCUT2D eigenvalue weighted by Crippen LogP contribution is 2.37. The summed E-state index contributed by atoms with van der Waals surface area (Å²) >= 11 is 0. The Labute approximate surface area is 78.7 Å². The summed E-state index contributed by atoms with van der Waals surface area (Å²) in [5.41, 5.74) is -0.997. The van der Waals surface area contributed by atoms with Gasteiger partial charge in [0.2, 0.25) is 0 Å². The van der Waals surface area contributed by atoms with Crippen LogP contribution in [0.15, 0.2) is 0 Å². The molecule has 0 bridgehead atoms. The molecule has 0 radical (unpaired) electrons. The molecule has 1 N–H and O–H groups in total. The molecule has 2 unspecified atom stereocenters. The molecular weight excluding hydrogens is 166 g/mol. The minimum atomic E-state index is -0.997. The molecular formula is C10H17NO2. The lowest BCUT2D eigenvalue weighted by Gasteiger charge is -2.50. The van der Waals surface area contributed by atoms with Gasteiger partial charge >= 0.3 is 0 Å². The third-order valence-electron chi connectivity index (χ3n) is 3.45. The fourth-order valence-electron chi connectivity index (χ4n) is 2.38. The molecule has 2 atom stereocenters. The quantitative estimate of drug-likeness (QED) is 0.656. The van der Waals surface area contributed by atoms with Crippen LogP contribution >= 0.6 is 0 Å². The van der Waals surface area contributed by atoms with Crippen LogP contribution in [0.25, 0.3) is 0 Å². The van der Waals surface area contributed by atoms with E-state index in [0.29, 0.717) is 24.9 Å². The van der Waals surface area contributed by atoms with Crippen LogP contribution in [0.1, 0.15) is 39.5 Å². The van der Waals surface area contributed by atoms with Gasteiger partial charge in [-0.25, -0.2) is 0 Å². The molecule has 1 aliphatic heterocycles. The van der Waals surface area contributed by atoms with Crippen molar-refractivity contribution >= 4 is 5.91 Å². The SMILES string of the molecule is CC1CC(C)N1C(=O)C1(O)CCC1. The third kappa shape index (κ3) is 1.17. The largest absolute Gasteiger partial charge is 0.380 e. The average Bonchev–Trinajstić information content (AvgIpc) is 1.99. The van der Waals surface area contributed by atoms with Gasteiger partial charge in [-0.1, -0.05) is 0 Å². The minimum absolute atomic E-state index is 0.0370. The van der Waals surface area contributed by atoms with Crippen molar-refractivity contribution in [3.63, 3.8) is 0 Å². The molecule has 3 heteroatoms. The molecule has 2 fully saturated rings. The number of amides is 1. The van der Waals surface area contributed by atoms with Crippen LogP contribution in [0.5, 0.6) is 0 Å². The smallest absolute Gasteiger partial charge is 0.255 e.